The van der Waals surface area contributed by atoms with Crippen LogP contribution in [0.1, 0.15) is 5.56 Å². The molecular weight excluding hydrogens is 138 g/mol. The second-order valence-electron chi connectivity index (χ2n) is 2.14. The molecular formula is C8H6N3. The zero-order valence-electron chi connectivity index (χ0n) is 5.81. The molecule has 0 aliphatic carbocycles. The van der Waals surface area contributed by atoms with Crippen LogP contribution in [0.4, 0.5) is 0 Å². The van der Waals surface area contributed by atoms with Gasteiger partial charge in [0, 0.05) is 18.0 Å². The summed E-state index contributed by atoms with van der Waals surface area (Å²) in [5.41, 5.74) is 1.95. The molecule has 0 aromatic carbocycles. The molecule has 1 aliphatic heterocycles. The number of nitrogens with zero attached hydrogens (tertiary/aromatic N) is 3. The maximum atomic E-state index is 4.05. The van der Waals surface area contributed by atoms with Crippen molar-refractivity contribution in [2.24, 2.45) is 4.99 Å². The summed E-state index contributed by atoms with van der Waals surface area (Å²) in [7, 11) is 0. The molecule has 1 radical (unpaired) electrons. The Morgan fingerprint density at radius 1 is 1.09 bits per heavy atom. The van der Waals surface area contributed by atoms with Crippen LogP contribution in [0.3, 0.4) is 0 Å². The smallest absolute Gasteiger partial charge is 0.116 e. The number of aromatic nitrogens is 1. The Morgan fingerprint density at radius 2 is 1.91 bits per heavy atom. The average Bonchev–Trinajstić information content (AvgIpc) is 2.58. The third kappa shape index (κ3) is 1.12. The van der Waals surface area contributed by atoms with Crippen molar-refractivity contribution in [1.82, 2.24) is 10.3 Å². The Morgan fingerprint density at radius 3 is 2.55 bits per heavy atom. The van der Waals surface area contributed by atoms with Crippen LogP contribution in [-0.4, -0.2) is 11.3 Å². The molecule has 0 spiro atoms. The molecule has 0 saturated heterocycles. The highest BCUT2D eigenvalue weighted by Gasteiger charge is 2.01. The van der Waals surface area contributed by atoms with Crippen molar-refractivity contribution in [1.29, 1.82) is 0 Å². The van der Waals surface area contributed by atoms with Crippen molar-refractivity contribution in [2.75, 3.05) is 0 Å². The Hall–Kier alpha value is -1.64. The lowest BCUT2D eigenvalue weighted by Crippen LogP contribution is -1.81. The van der Waals surface area contributed by atoms with Gasteiger partial charge in [-0.25, -0.2) is 10.3 Å². The summed E-state index contributed by atoms with van der Waals surface area (Å²) in [4.78, 5) is 7.95. The van der Waals surface area contributed by atoms with Crippen molar-refractivity contribution in [3.8, 4) is 0 Å². The van der Waals surface area contributed by atoms with Crippen LogP contribution in [-0.2, 0) is 0 Å². The van der Waals surface area contributed by atoms with Gasteiger partial charge >= 0.3 is 0 Å². The van der Waals surface area contributed by atoms with Crippen LogP contribution in [0, 0.1) is 0 Å². The minimum absolute atomic E-state index is 0.896. The topological polar surface area (TPSA) is 39.4 Å². The molecule has 1 aromatic rings. The van der Waals surface area contributed by atoms with Crippen molar-refractivity contribution >= 4 is 12.0 Å². The fourth-order valence-electron chi connectivity index (χ4n) is 0.905. The fraction of sp³-hybridized carbons (Fsp3) is 0. The fourth-order valence-corrected chi connectivity index (χ4v) is 0.905. The second-order valence-corrected chi connectivity index (χ2v) is 2.14. The van der Waals surface area contributed by atoms with E-state index < -0.39 is 0 Å². The van der Waals surface area contributed by atoms with E-state index in [0.717, 1.165) is 11.3 Å². The molecule has 2 heterocycles. The van der Waals surface area contributed by atoms with Crippen LogP contribution in [0.2, 0.25) is 0 Å². The van der Waals surface area contributed by atoms with Gasteiger partial charge in [-0.3, -0.25) is 4.98 Å². The second kappa shape index (κ2) is 2.54. The Bertz CT molecular complexity index is 300. The summed E-state index contributed by atoms with van der Waals surface area (Å²) in [6.07, 6.45) is 6.75. The number of hydrogen-bond acceptors (Lipinski definition) is 2. The number of rotatable bonds is 1. The van der Waals surface area contributed by atoms with Gasteiger partial charge in [-0.1, -0.05) is 0 Å². The van der Waals surface area contributed by atoms with Crippen molar-refractivity contribution in [3.05, 3.63) is 36.3 Å². The number of hydrogen-bond donors (Lipinski definition) is 0. The molecule has 0 atom stereocenters. The minimum atomic E-state index is 0.896. The van der Waals surface area contributed by atoms with Crippen molar-refractivity contribution in [3.63, 3.8) is 0 Å². The SMILES string of the molecule is C1=NC(c2ccncc2)=C[N]1. The molecule has 3 nitrogen and oxygen atoms in total. The maximum absolute atomic E-state index is 4.05. The van der Waals surface area contributed by atoms with Gasteiger partial charge in [0.25, 0.3) is 0 Å². The molecule has 0 amide bonds. The lowest BCUT2D eigenvalue weighted by molar-refractivity contribution is 1.30. The molecule has 3 heteroatoms. The molecule has 0 fully saturated rings. The van der Waals surface area contributed by atoms with E-state index in [1.807, 2.05) is 12.1 Å². The molecule has 0 saturated carbocycles. The van der Waals surface area contributed by atoms with Gasteiger partial charge in [0.2, 0.25) is 0 Å². The van der Waals surface area contributed by atoms with Gasteiger partial charge in [-0.15, -0.1) is 0 Å². The molecule has 1 aromatic heterocycles. The third-order valence-corrected chi connectivity index (χ3v) is 1.44. The average molecular weight is 144 g/mol. The minimum Gasteiger partial charge on any atom is -0.265 e. The van der Waals surface area contributed by atoms with Gasteiger partial charge in [-0.2, -0.15) is 0 Å². The third-order valence-electron chi connectivity index (χ3n) is 1.44. The Balaban J connectivity index is 2.37. The maximum Gasteiger partial charge on any atom is 0.116 e. The molecule has 2 rings (SSSR count). The highest BCUT2D eigenvalue weighted by Crippen LogP contribution is 2.15. The van der Waals surface area contributed by atoms with E-state index in [-0.39, 0.29) is 0 Å². The first-order valence-corrected chi connectivity index (χ1v) is 3.30. The van der Waals surface area contributed by atoms with Gasteiger partial charge in [-0.05, 0) is 12.1 Å². The largest absolute Gasteiger partial charge is 0.265 e. The standard InChI is InChI=1S/C8H6N3/c1-3-9-4-2-7(1)8-5-10-6-11-8/h1-6H. The van der Waals surface area contributed by atoms with Crippen LogP contribution in [0.15, 0.2) is 35.7 Å². The summed E-state index contributed by atoms with van der Waals surface area (Å²) >= 11 is 0. The Labute approximate surface area is 64.5 Å². The molecule has 0 unspecified atom stereocenters. The summed E-state index contributed by atoms with van der Waals surface area (Å²) in [5, 5.41) is 3.87. The first kappa shape index (κ1) is 6.09. The number of aliphatic imine (C=N–C) groups is 1. The molecule has 0 N–H and O–H groups in total. The van der Waals surface area contributed by atoms with Gasteiger partial charge in [0.05, 0.1) is 11.9 Å². The van der Waals surface area contributed by atoms with Crippen LogP contribution >= 0.6 is 0 Å². The van der Waals surface area contributed by atoms with Crippen molar-refractivity contribution < 1.29 is 0 Å². The zero-order valence-corrected chi connectivity index (χ0v) is 5.81. The van der Waals surface area contributed by atoms with E-state index in [2.05, 4.69) is 15.3 Å². The highest BCUT2D eigenvalue weighted by atomic mass is 15.0. The first-order chi connectivity index (χ1) is 5.47. The van der Waals surface area contributed by atoms with Crippen LogP contribution in [0.25, 0.3) is 5.70 Å². The van der Waals surface area contributed by atoms with Gasteiger partial charge < -0.3 is 0 Å². The lowest BCUT2D eigenvalue weighted by Gasteiger charge is -1.93. The highest BCUT2D eigenvalue weighted by molar-refractivity contribution is 5.78. The summed E-state index contributed by atoms with van der Waals surface area (Å²) in [6, 6.07) is 3.81. The van der Waals surface area contributed by atoms with E-state index in [4.69, 9.17) is 0 Å². The van der Waals surface area contributed by atoms with Gasteiger partial charge in [0.1, 0.15) is 6.34 Å². The van der Waals surface area contributed by atoms with E-state index in [1.165, 1.54) is 6.34 Å². The van der Waals surface area contributed by atoms with Crippen LogP contribution in [0.5, 0.6) is 0 Å². The number of pyridine rings is 1. The molecule has 1 aliphatic rings. The van der Waals surface area contributed by atoms with E-state index in [9.17, 15) is 0 Å². The normalized spacial score (nSPS) is 14.4. The zero-order chi connectivity index (χ0) is 7.52. The van der Waals surface area contributed by atoms with Crippen LogP contribution < -0.4 is 5.32 Å². The molecule has 11 heavy (non-hydrogen) atoms. The predicted molar refractivity (Wildman–Crippen MR) is 42.8 cm³/mol. The lowest BCUT2D eigenvalue weighted by atomic mass is 10.2. The predicted octanol–water partition coefficient (Wildman–Crippen LogP) is 1.03. The van der Waals surface area contributed by atoms with Crippen molar-refractivity contribution in [2.45, 2.75) is 0 Å². The van der Waals surface area contributed by atoms with E-state index >= 15 is 0 Å². The first-order valence-electron chi connectivity index (χ1n) is 3.30. The molecule has 53 valence electrons. The quantitative estimate of drug-likeness (QED) is 0.580. The summed E-state index contributed by atoms with van der Waals surface area (Å²) in [6.45, 7) is 0. The van der Waals surface area contributed by atoms with E-state index in [1.54, 1.807) is 18.6 Å². The van der Waals surface area contributed by atoms with E-state index in [0.29, 0.717) is 0 Å². The van der Waals surface area contributed by atoms with Gasteiger partial charge in [0.15, 0.2) is 0 Å². The monoisotopic (exact) mass is 144 g/mol. The summed E-state index contributed by atoms with van der Waals surface area (Å²) in [5.74, 6) is 0. The molecule has 0 bridgehead atoms. The Kier molecular flexibility index (Phi) is 1.41. The summed E-state index contributed by atoms with van der Waals surface area (Å²) < 4.78 is 0.